The molecule has 2 atom stereocenters. The molecule has 3 aromatic carbocycles. The number of nitrogens with two attached hydrogens (primary N) is 2. The third-order valence-electron chi connectivity index (χ3n) is 7.04. The summed E-state index contributed by atoms with van der Waals surface area (Å²) in [5.41, 5.74) is 15.7. The summed E-state index contributed by atoms with van der Waals surface area (Å²) < 4.78 is 13.8. The molecule has 0 aliphatic heterocycles. The van der Waals surface area contributed by atoms with Gasteiger partial charge in [0.15, 0.2) is 5.96 Å². The number of fused-ring (bicyclic) bond motifs is 1. The number of hydrogen-bond donors (Lipinski definition) is 4. The first-order valence-electron chi connectivity index (χ1n) is 13.2. The normalized spacial score (nSPS) is 15.9. The Balaban J connectivity index is 1.44. The van der Waals surface area contributed by atoms with Gasteiger partial charge in [-0.05, 0) is 72.7 Å². The maximum absolute atomic E-state index is 13.8. The van der Waals surface area contributed by atoms with Gasteiger partial charge in [0.25, 0.3) is 0 Å². The van der Waals surface area contributed by atoms with E-state index in [2.05, 4.69) is 64.0 Å². The van der Waals surface area contributed by atoms with Crippen molar-refractivity contribution in [2.75, 3.05) is 25.5 Å². The molecule has 1 aliphatic rings. The molecule has 0 spiro atoms. The van der Waals surface area contributed by atoms with Crippen LogP contribution >= 0.6 is 11.6 Å². The van der Waals surface area contributed by atoms with Crippen molar-refractivity contribution in [3.05, 3.63) is 99.8 Å². The lowest BCUT2D eigenvalue weighted by molar-refractivity contribution is -0.136. The molecule has 3 aromatic rings. The molecule has 0 bridgehead atoms. The molecule has 0 unspecified atom stereocenters. The Morgan fingerprint density at radius 2 is 1.82 bits per heavy atom. The summed E-state index contributed by atoms with van der Waals surface area (Å²) >= 11 is 5.70. The van der Waals surface area contributed by atoms with Crippen molar-refractivity contribution in [3.8, 4) is 0 Å². The summed E-state index contributed by atoms with van der Waals surface area (Å²) in [6, 6.07) is 20.1. The number of likely N-dealkylation sites (N-methyl/N-ethyl adjacent to an activating group) is 1. The predicted octanol–water partition coefficient (Wildman–Crippen LogP) is 3.79. The number of halogens is 2. The fourth-order valence-electron chi connectivity index (χ4n) is 5.04. The van der Waals surface area contributed by atoms with Crippen LogP contribution in [-0.2, 0) is 29.0 Å². The molecule has 6 N–H and O–H groups in total. The monoisotopic (exact) mass is 564 g/mol. The van der Waals surface area contributed by atoms with E-state index >= 15 is 0 Å². The summed E-state index contributed by atoms with van der Waals surface area (Å²) in [7, 11) is 2.10. The Kier molecular flexibility index (Phi) is 9.74. The van der Waals surface area contributed by atoms with Gasteiger partial charge in [0.2, 0.25) is 0 Å². The molecule has 0 radical (unpaired) electrons. The maximum Gasteiger partial charge on any atom is 0.313 e. The third kappa shape index (κ3) is 7.80. The van der Waals surface area contributed by atoms with Gasteiger partial charge in [-0.25, -0.2) is 4.39 Å². The van der Waals surface area contributed by atoms with Crippen LogP contribution in [0.5, 0.6) is 0 Å². The molecule has 0 heterocycles. The zero-order valence-electron chi connectivity index (χ0n) is 22.4. The van der Waals surface area contributed by atoms with Gasteiger partial charge in [-0.15, -0.1) is 0 Å². The van der Waals surface area contributed by atoms with Crippen molar-refractivity contribution < 1.29 is 14.0 Å². The van der Waals surface area contributed by atoms with Crippen molar-refractivity contribution in [2.24, 2.45) is 22.4 Å². The number of amides is 2. The summed E-state index contributed by atoms with van der Waals surface area (Å²) in [6.07, 6.45) is 2.30. The Hall–Kier alpha value is -3.95. The number of guanidine groups is 1. The average Bonchev–Trinajstić information content (AvgIpc) is 3.26. The van der Waals surface area contributed by atoms with Gasteiger partial charge < -0.3 is 27.0 Å². The number of nitrogens with zero attached hydrogens (tertiary/aromatic N) is 2. The fraction of sp³-hybridized carbons (Fsp3) is 0.300. The molecule has 8 nitrogen and oxygen atoms in total. The zero-order valence-corrected chi connectivity index (χ0v) is 23.1. The van der Waals surface area contributed by atoms with Crippen LogP contribution in [0, 0.1) is 11.7 Å². The van der Waals surface area contributed by atoms with Crippen LogP contribution in [0.15, 0.2) is 71.7 Å². The van der Waals surface area contributed by atoms with Gasteiger partial charge in [-0.2, -0.15) is 0 Å². The largest absolute Gasteiger partial charge is 0.370 e. The molecule has 0 fully saturated rings. The first-order chi connectivity index (χ1) is 19.2. The second-order valence-electron chi connectivity index (χ2n) is 10.1. The van der Waals surface area contributed by atoms with Crippen LogP contribution in [0.25, 0.3) is 0 Å². The van der Waals surface area contributed by atoms with E-state index in [9.17, 15) is 14.0 Å². The molecule has 4 rings (SSSR count). The number of anilines is 1. The number of hydrogen-bond acceptors (Lipinski definition) is 4. The Morgan fingerprint density at radius 1 is 1.05 bits per heavy atom. The molecule has 0 saturated carbocycles. The van der Waals surface area contributed by atoms with Crippen LogP contribution in [0.4, 0.5) is 10.1 Å². The predicted molar refractivity (Wildman–Crippen MR) is 156 cm³/mol. The highest BCUT2D eigenvalue weighted by Gasteiger charge is 2.34. The summed E-state index contributed by atoms with van der Waals surface area (Å²) in [5.74, 6) is -2.40. The number of rotatable bonds is 10. The van der Waals surface area contributed by atoms with E-state index in [-0.39, 0.29) is 22.6 Å². The zero-order chi connectivity index (χ0) is 28.6. The minimum atomic E-state index is -0.894. The molecular formula is C30H34ClFN6O2. The number of aliphatic imine (C=N–C) groups is 1. The Bertz CT molecular complexity index is 1380. The van der Waals surface area contributed by atoms with E-state index in [1.807, 2.05) is 12.1 Å². The number of carbonyl (C=O) groups is 2. The van der Waals surface area contributed by atoms with E-state index < -0.39 is 23.7 Å². The van der Waals surface area contributed by atoms with Crippen LogP contribution in [0.2, 0.25) is 5.02 Å². The van der Waals surface area contributed by atoms with Gasteiger partial charge in [0.05, 0.1) is 11.1 Å². The summed E-state index contributed by atoms with van der Waals surface area (Å²) in [5, 5.41) is 5.23. The number of nitrogens with one attached hydrogen (secondary N) is 2. The number of benzene rings is 3. The first kappa shape index (κ1) is 29.0. The molecule has 0 saturated heterocycles. The highest BCUT2D eigenvalue weighted by Crippen LogP contribution is 2.38. The van der Waals surface area contributed by atoms with Gasteiger partial charge in [0, 0.05) is 25.3 Å². The van der Waals surface area contributed by atoms with E-state index in [4.69, 9.17) is 23.1 Å². The third-order valence-corrected chi connectivity index (χ3v) is 7.34. The minimum Gasteiger partial charge on any atom is -0.370 e. The van der Waals surface area contributed by atoms with Gasteiger partial charge >= 0.3 is 11.8 Å². The molecule has 1 aliphatic carbocycles. The molecule has 2 amide bonds. The maximum atomic E-state index is 13.8. The molecule has 0 aromatic heterocycles. The quantitative estimate of drug-likeness (QED) is 0.169. The Labute approximate surface area is 238 Å². The summed E-state index contributed by atoms with van der Waals surface area (Å²) in [6.45, 7) is 2.11. The lowest BCUT2D eigenvalue weighted by atomic mass is 9.97. The minimum absolute atomic E-state index is 0.00566. The van der Waals surface area contributed by atoms with Gasteiger partial charge in [-0.1, -0.05) is 60.1 Å². The van der Waals surface area contributed by atoms with E-state index in [0.29, 0.717) is 19.4 Å². The molecule has 10 heteroatoms. The van der Waals surface area contributed by atoms with Crippen molar-refractivity contribution in [1.82, 2.24) is 10.2 Å². The molecule has 40 heavy (non-hydrogen) atoms. The average molecular weight is 565 g/mol. The molecule has 210 valence electrons. The van der Waals surface area contributed by atoms with Crippen molar-refractivity contribution in [2.45, 2.75) is 31.8 Å². The van der Waals surface area contributed by atoms with Crippen LogP contribution in [0.1, 0.15) is 34.7 Å². The standard InChI is InChI=1S/C30H34ClFN6O2/c1-38(14-12-19-5-3-2-4-6-19)18-20-7-9-24-22(15-20)16-21(11-13-35-30(33)34)27(24)37-29(40)28(39)36-23-8-10-25(31)26(32)17-23/h2-10,15,17,21,27H,11-14,16,18H2,1H3,(H,36,39)(H,37,40)(H4,33,34,35)/t21-,27+/m0/s1. The van der Waals surface area contributed by atoms with Gasteiger partial charge in [0.1, 0.15) is 5.82 Å². The van der Waals surface area contributed by atoms with Crippen molar-refractivity contribution in [1.29, 1.82) is 0 Å². The lowest BCUT2D eigenvalue weighted by Gasteiger charge is -2.21. The van der Waals surface area contributed by atoms with Crippen LogP contribution in [0.3, 0.4) is 0 Å². The van der Waals surface area contributed by atoms with Crippen molar-refractivity contribution >= 4 is 35.1 Å². The first-order valence-corrected chi connectivity index (χ1v) is 13.5. The fourth-order valence-corrected chi connectivity index (χ4v) is 5.16. The topological polar surface area (TPSA) is 126 Å². The Morgan fingerprint density at radius 3 is 2.55 bits per heavy atom. The van der Waals surface area contributed by atoms with Crippen LogP contribution in [-0.4, -0.2) is 42.8 Å². The SMILES string of the molecule is CN(CCc1ccccc1)Cc1ccc2c(c1)C[C@H](CCN=C(N)N)[C@H]2NC(=O)C(=O)Nc1ccc(Cl)c(F)c1. The smallest absolute Gasteiger partial charge is 0.313 e. The van der Waals surface area contributed by atoms with E-state index in [0.717, 1.165) is 36.7 Å². The van der Waals surface area contributed by atoms with Crippen molar-refractivity contribution in [3.63, 3.8) is 0 Å². The van der Waals surface area contributed by atoms with E-state index in [1.165, 1.54) is 23.3 Å². The van der Waals surface area contributed by atoms with Gasteiger partial charge in [-0.3, -0.25) is 14.6 Å². The van der Waals surface area contributed by atoms with E-state index in [1.54, 1.807) is 0 Å². The highest BCUT2D eigenvalue weighted by molar-refractivity contribution is 6.39. The highest BCUT2D eigenvalue weighted by atomic mass is 35.5. The second kappa shape index (κ2) is 13.4. The van der Waals surface area contributed by atoms with Crippen LogP contribution < -0.4 is 22.1 Å². The summed E-state index contributed by atoms with van der Waals surface area (Å²) in [4.78, 5) is 31.9. The number of carbonyl (C=O) groups excluding carboxylic acids is 2. The molecular weight excluding hydrogens is 531 g/mol. The second-order valence-corrected chi connectivity index (χ2v) is 10.5. The lowest BCUT2D eigenvalue weighted by Crippen LogP contribution is -2.39.